The van der Waals surface area contributed by atoms with Crippen LogP contribution < -0.4 is 77.4 Å². The van der Waals surface area contributed by atoms with Gasteiger partial charge in [-0.3, -0.25) is 57.9 Å². The van der Waals surface area contributed by atoms with Gasteiger partial charge in [-0.25, -0.2) is 0 Å². The van der Waals surface area contributed by atoms with Crippen LogP contribution in [0.25, 0.3) is 0 Å². The van der Waals surface area contributed by atoms with Gasteiger partial charge in [-0.2, -0.15) is 12.6 Å². The molecule has 8 atom stereocenters. The number of rotatable bonds is 31. The molecule has 22 N–H and O–H groups in total. The van der Waals surface area contributed by atoms with E-state index in [1.165, 1.54) is 6.92 Å². The van der Waals surface area contributed by atoms with Crippen molar-refractivity contribution in [1.29, 1.82) is 0 Å². The van der Waals surface area contributed by atoms with Crippen molar-refractivity contribution in [2.75, 3.05) is 25.4 Å². The van der Waals surface area contributed by atoms with Gasteiger partial charge in [0.1, 0.15) is 42.8 Å². The molecular formula is C35H64N16O11S. The molecule has 356 valence electrons. The number of hydrogen-bond acceptors (Lipinski definition) is 14. The monoisotopic (exact) mass is 916 g/mol. The minimum atomic E-state index is -1.50. The highest BCUT2D eigenvalue weighted by Gasteiger charge is 2.34. The van der Waals surface area contributed by atoms with Crippen LogP contribution in [0.4, 0.5) is 0 Å². The average molecular weight is 917 g/mol. The zero-order valence-corrected chi connectivity index (χ0v) is 36.4. The number of carboxylic acid groups (broad SMARTS) is 1. The first-order chi connectivity index (χ1) is 29.4. The number of nitrogens with two attached hydrogens (primary N) is 7. The van der Waals surface area contributed by atoms with Crippen LogP contribution in [0, 0.1) is 5.92 Å². The lowest BCUT2D eigenvalue weighted by Crippen LogP contribution is -2.60. The second-order valence-corrected chi connectivity index (χ2v) is 14.7. The summed E-state index contributed by atoms with van der Waals surface area (Å²) in [5.41, 5.74) is 37.6. The number of hydrogen-bond donors (Lipinski definition) is 16. The molecule has 0 aliphatic rings. The third kappa shape index (κ3) is 24.0. The van der Waals surface area contributed by atoms with E-state index in [4.69, 9.17) is 45.2 Å². The van der Waals surface area contributed by atoms with Crippen molar-refractivity contribution in [3.05, 3.63) is 0 Å². The number of carboxylic acids is 1. The third-order valence-corrected chi connectivity index (χ3v) is 9.37. The Hall–Kier alpha value is -6.45. The molecule has 0 rings (SSSR count). The van der Waals surface area contributed by atoms with Crippen LogP contribution in [0.2, 0.25) is 0 Å². The number of nitrogens with one attached hydrogen (secondary N) is 7. The standard InChI is InChI=1S/C35H64N16O11S/c1-4-16(2)26(51-31(60)20(8-6-12-44-35(41)42)47-28(57)18(36)13-24(38)53)33(62)49-21(9-10-23(37)52)30(59)46-17(3)27(56)50-22(15-63)32(61)48-19(7-5-11-43-34(39)40)29(58)45-14-25(54)55/h16-22,26,63H,4-15,36H2,1-3H3,(H2,37,52)(H2,38,53)(H,45,58)(H,46,59)(H,47,57)(H,48,61)(H,49,62)(H,50,56)(H,51,60)(H,54,55)(H4,39,40,43)(H4,41,42,44)/t16-,17-,18-,19-,20-,21-,22-,26-/m0/s1. The summed E-state index contributed by atoms with van der Waals surface area (Å²) >= 11 is 4.12. The molecule has 0 fully saturated rings. The maximum Gasteiger partial charge on any atom is 0.322 e. The summed E-state index contributed by atoms with van der Waals surface area (Å²) in [5, 5.41) is 25.8. The number of aliphatic imine (C=N–C) groups is 2. The lowest BCUT2D eigenvalue weighted by molar-refractivity contribution is -0.138. The summed E-state index contributed by atoms with van der Waals surface area (Å²) < 4.78 is 0. The summed E-state index contributed by atoms with van der Waals surface area (Å²) in [4.78, 5) is 135. The number of carbonyl (C=O) groups excluding carboxylic acids is 9. The van der Waals surface area contributed by atoms with Gasteiger partial charge in [-0.05, 0) is 44.9 Å². The summed E-state index contributed by atoms with van der Waals surface area (Å²) in [6.45, 7) is 3.99. The quantitative estimate of drug-likeness (QED) is 0.0133. The summed E-state index contributed by atoms with van der Waals surface area (Å²) in [6, 6.07) is -9.57. The van der Waals surface area contributed by atoms with E-state index in [0.717, 1.165) is 0 Å². The molecule has 0 heterocycles. The molecule has 0 saturated carbocycles. The van der Waals surface area contributed by atoms with Crippen molar-refractivity contribution in [2.24, 2.45) is 56.0 Å². The van der Waals surface area contributed by atoms with Gasteiger partial charge >= 0.3 is 5.97 Å². The molecule has 0 aliphatic carbocycles. The van der Waals surface area contributed by atoms with Gasteiger partial charge in [-0.15, -0.1) is 0 Å². The van der Waals surface area contributed by atoms with E-state index in [-0.39, 0.29) is 62.9 Å². The maximum atomic E-state index is 13.8. The van der Waals surface area contributed by atoms with E-state index in [1.54, 1.807) is 13.8 Å². The highest BCUT2D eigenvalue weighted by Crippen LogP contribution is 2.12. The second kappa shape index (κ2) is 29.7. The minimum absolute atomic E-state index is 0.0292. The van der Waals surface area contributed by atoms with Crippen LogP contribution in [0.3, 0.4) is 0 Å². The van der Waals surface area contributed by atoms with Crippen molar-refractivity contribution in [1.82, 2.24) is 37.2 Å². The van der Waals surface area contributed by atoms with Gasteiger partial charge in [-0.1, -0.05) is 20.3 Å². The van der Waals surface area contributed by atoms with Crippen LogP contribution in [-0.4, -0.2) is 144 Å². The van der Waals surface area contributed by atoms with Gasteiger partial charge in [0.25, 0.3) is 0 Å². The zero-order chi connectivity index (χ0) is 48.4. The average Bonchev–Trinajstić information content (AvgIpc) is 3.20. The van der Waals surface area contributed by atoms with E-state index in [2.05, 4.69) is 59.8 Å². The molecule has 0 spiro atoms. The van der Waals surface area contributed by atoms with E-state index in [1.807, 2.05) is 0 Å². The Morgan fingerprint density at radius 3 is 1.52 bits per heavy atom. The molecular weight excluding hydrogens is 853 g/mol. The molecule has 0 aliphatic heterocycles. The normalized spacial score (nSPS) is 14.5. The first-order valence-corrected chi connectivity index (χ1v) is 20.4. The molecule has 0 radical (unpaired) electrons. The Balaban J connectivity index is 6.16. The molecule has 27 nitrogen and oxygen atoms in total. The summed E-state index contributed by atoms with van der Waals surface area (Å²) in [7, 11) is 0. The highest BCUT2D eigenvalue weighted by atomic mass is 32.1. The van der Waals surface area contributed by atoms with Crippen LogP contribution in [0.1, 0.15) is 72.1 Å². The Kier molecular flexibility index (Phi) is 26.7. The lowest BCUT2D eigenvalue weighted by atomic mass is 9.96. The Bertz CT molecular complexity index is 1680. The number of guanidine groups is 2. The number of thiol groups is 1. The number of carbonyl (C=O) groups is 10. The van der Waals surface area contributed by atoms with Gasteiger partial charge in [0.15, 0.2) is 11.9 Å². The molecule has 9 amide bonds. The van der Waals surface area contributed by atoms with Gasteiger partial charge in [0, 0.05) is 25.3 Å². The Morgan fingerprint density at radius 2 is 1.05 bits per heavy atom. The smallest absolute Gasteiger partial charge is 0.322 e. The van der Waals surface area contributed by atoms with Gasteiger partial charge in [0.2, 0.25) is 53.2 Å². The molecule has 0 saturated heterocycles. The molecule has 0 bridgehead atoms. The topological polar surface area (TPSA) is 482 Å². The van der Waals surface area contributed by atoms with Gasteiger partial charge < -0.3 is 82.5 Å². The predicted octanol–water partition coefficient (Wildman–Crippen LogP) is -7.33. The van der Waals surface area contributed by atoms with Crippen molar-refractivity contribution in [3.63, 3.8) is 0 Å². The Labute approximate surface area is 369 Å². The largest absolute Gasteiger partial charge is 0.480 e. The van der Waals surface area contributed by atoms with Crippen molar-refractivity contribution in [3.8, 4) is 0 Å². The number of amides is 9. The predicted molar refractivity (Wildman–Crippen MR) is 231 cm³/mol. The Morgan fingerprint density at radius 1 is 0.587 bits per heavy atom. The van der Waals surface area contributed by atoms with E-state index in [0.29, 0.717) is 6.42 Å². The van der Waals surface area contributed by atoms with Crippen LogP contribution in [0.15, 0.2) is 9.98 Å². The molecule has 0 aromatic heterocycles. The molecule has 28 heteroatoms. The molecule has 0 aromatic carbocycles. The third-order valence-electron chi connectivity index (χ3n) is 9.00. The van der Waals surface area contributed by atoms with Crippen LogP contribution in [0.5, 0.6) is 0 Å². The number of aliphatic carboxylic acids is 1. The first kappa shape index (κ1) is 56.5. The van der Waals surface area contributed by atoms with E-state index in [9.17, 15) is 47.9 Å². The molecule has 0 aromatic rings. The van der Waals surface area contributed by atoms with Crippen molar-refractivity contribution >= 4 is 83.7 Å². The summed E-state index contributed by atoms with van der Waals surface area (Å²) in [5.74, 6) is -10.6. The van der Waals surface area contributed by atoms with Crippen LogP contribution in [-0.2, 0) is 47.9 Å². The summed E-state index contributed by atoms with van der Waals surface area (Å²) in [6.07, 6.45) is -0.649. The van der Waals surface area contributed by atoms with Crippen molar-refractivity contribution in [2.45, 2.75) is 114 Å². The lowest BCUT2D eigenvalue weighted by Gasteiger charge is -2.29. The molecule has 0 unspecified atom stereocenters. The van der Waals surface area contributed by atoms with Crippen LogP contribution >= 0.6 is 12.6 Å². The minimum Gasteiger partial charge on any atom is -0.480 e. The maximum absolute atomic E-state index is 13.8. The van der Waals surface area contributed by atoms with E-state index >= 15 is 0 Å². The fraction of sp³-hybridized carbons (Fsp3) is 0.657. The number of primary amides is 2. The molecule has 63 heavy (non-hydrogen) atoms. The van der Waals surface area contributed by atoms with Gasteiger partial charge in [0.05, 0.1) is 12.5 Å². The fourth-order valence-corrected chi connectivity index (χ4v) is 5.59. The SMILES string of the molecule is CC[C@H](C)[C@H](NC(=O)[C@H](CCCN=C(N)N)NC(=O)[C@@H](N)CC(N)=O)C(=O)N[C@@H](CCC(N)=O)C(=O)N[C@@H](C)C(=O)N[C@@H](CS)C(=O)N[C@@H](CCCN=C(N)N)C(=O)NCC(=O)O. The van der Waals surface area contributed by atoms with E-state index < -0.39 is 127 Å². The number of nitrogens with zero attached hydrogens (tertiary/aromatic N) is 2. The first-order valence-electron chi connectivity index (χ1n) is 19.8. The fourth-order valence-electron chi connectivity index (χ4n) is 5.33. The highest BCUT2D eigenvalue weighted by molar-refractivity contribution is 7.80. The van der Waals surface area contributed by atoms with Crippen molar-refractivity contribution < 1.29 is 53.1 Å². The zero-order valence-electron chi connectivity index (χ0n) is 35.5. The second-order valence-electron chi connectivity index (χ2n) is 14.3.